The van der Waals surface area contributed by atoms with E-state index in [0.717, 1.165) is 0 Å². The van der Waals surface area contributed by atoms with Crippen LogP contribution in [0.2, 0.25) is 0 Å². The second-order valence-electron chi connectivity index (χ2n) is 3.55. The van der Waals surface area contributed by atoms with Crippen molar-refractivity contribution in [2.75, 3.05) is 31.6 Å². The van der Waals surface area contributed by atoms with E-state index in [1.165, 1.54) is 12.1 Å². The lowest BCUT2D eigenvalue weighted by molar-refractivity contribution is 0.301. The first-order chi connectivity index (χ1) is 8.13. The van der Waals surface area contributed by atoms with Crippen LogP contribution in [0, 0.1) is 0 Å². The van der Waals surface area contributed by atoms with Gasteiger partial charge in [-0.3, -0.25) is 0 Å². The Morgan fingerprint density at radius 1 is 1.47 bits per heavy atom. The average Bonchev–Trinajstić information content (AvgIpc) is 2.36. The van der Waals surface area contributed by atoms with Crippen molar-refractivity contribution >= 4 is 15.7 Å². The molecule has 94 valence electrons. The number of benzene rings is 1. The molecule has 0 spiro atoms. The molecule has 17 heavy (non-hydrogen) atoms. The molecule has 0 saturated carbocycles. The predicted octanol–water partition coefficient (Wildman–Crippen LogP) is -0.239. The van der Waals surface area contributed by atoms with Gasteiger partial charge in [0.2, 0.25) is 10.0 Å². The van der Waals surface area contributed by atoms with Crippen molar-refractivity contribution in [3.8, 4) is 5.75 Å². The van der Waals surface area contributed by atoms with E-state index in [1.54, 1.807) is 6.07 Å². The van der Waals surface area contributed by atoms with Gasteiger partial charge in [-0.1, -0.05) is 0 Å². The van der Waals surface area contributed by atoms with E-state index in [2.05, 4.69) is 10.0 Å². The summed E-state index contributed by atoms with van der Waals surface area (Å²) in [7, 11) is -3.56. The zero-order chi connectivity index (χ0) is 12.3. The minimum atomic E-state index is -3.56. The van der Waals surface area contributed by atoms with Crippen molar-refractivity contribution in [2.45, 2.75) is 4.90 Å². The molecule has 0 unspecified atom stereocenters. The van der Waals surface area contributed by atoms with Crippen molar-refractivity contribution < 1.29 is 18.3 Å². The van der Waals surface area contributed by atoms with E-state index in [9.17, 15) is 8.42 Å². The minimum absolute atomic E-state index is 0.00332. The number of hydrogen-bond donors (Lipinski definition) is 3. The van der Waals surface area contributed by atoms with Crippen LogP contribution in [-0.2, 0) is 10.0 Å². The molecule has 7 heteroatoms. The van der Waals surface area contributed by atoms with Crippen molar-refractivity contribution in [1.82, 2.24) is 4.72 Å². The molecule has 0 aromatic heterocycles. The predicted molar refractivity (Wildman–Crippen MR) is 62.7 cm³/mol. The Bertz CT molecular complexity index is 501. The summed E-state index contributed by atoms with van der Waals surface area (Å²) in [6.45, 7) is 0.997. The topological polar surface area (TPSA) is 87.7 Å². The number of nitrogens with one attached hydrogen (secondary N) is 2. The summed E-state index contributed by atoms with van der Waals surface area (Å²) in [4.78, 5) is 0.155. The van der Waals surface area contributed by atoms with Crippen LogP contribution in [0.4, 0.5) is 5.69 Å². The molecule has 2 rings (SSSR count). The highest BCUT2D eigenvalue weighted by molar-refractivity contribution is 7.89. The molecule has 0 radical (unpaired) electrons. The van der Waals surface area contributed by atoms with E-state index in [0.29, 0.717) is 24.6 Å². The van der Waals surface area contributed by atoms with E-state index in [1.807, 2.05) is 0 Å². The number of hydrogen-bond acceptors (Lipinski definition) is 5. The second kappa shape index (κ2) is 4.91. The largest absolute Gasteiger partial charge is 0.490 e. The van der Waals surface area contributed by atoms with Crippen LogP contribution in [0.5, 0.6) is 5.75 Å². The molecule has 0 aliphatic carbocycles. The standard InChI is InChI=1S/C10H14N2O4S/c13-5-3-12-17(14,15)8-1-2-10-9(7-8)11-4-6-16-10/h1-2,7,11-13H,3-6H2. The van der Waals surface area contributed by atoms with Gasteiger partial charge in [-0.05, 0) is 18.2 Å². The lowest BCUT2D eigenvalue weighted by Crippen LogP contribution is -2.27. The second-order valence-corrected chi connectivity index (χ2v) is 5.32. The van der Waals surface area contributed by atoms with Gasteiger partial charge in [0.15, 0.2) is 0 Å². The van der Waals surface area contributed by atoms with Gasteiger partial charge >= 0.3 is 0 Å². The molecule has 1 aromatic rings. The first-order valence-electron chi connectivity index (χ1n) is 5.25. The van der Waals surface area contributed by atoms with E-state index >= 15 is 0 Å². The summed E-state index contributed by atoms with van der Waals surface area (Å²) >= 11 is 0. The van der Waals surface area contributed by atoms with Crippen molar-refractivity contribution in [3.63, 3.8) is 0 Å². The highest BCUT2D eigenvalue weighted by atomic mass is 32.2. The first kappa shape index (κ1) is 12.2. The molecule has 0 saturated heterocycles. The van der Waals surface area contributed by atoms with Crippen LogP contribution in [0.15, 0.2) is 23.1 Å². The normalized spacial score (nSPS) is 14.6. The number of aliphatic hydroxyl groups excluding tert-OH is 1. The zero-order valence-corrected chi connectivity index (χ0v) is 9.96. The van der Waals surface area contributed by atoms with Crippen LogP contribution in [-0.4, -0.2) is 39.8 Å². The summed E-state index contributed by atoms with van der Waals surface area (Å²) < 4.78 is 31.2. The average molecular weight is 258 g/mol. The Kier molecular flexibility index (Phi) is 3.51. The highest BCUT2D eigenvalue weighted by Crippen LogP contribution is 2.29. The minimum Gasteiger partial charge on any atom is -0.490 e. The quantitative estimate of drug-likeness (QED) is 0.694. The monoisotopic (exact) mass is 258 g/mol. The van der Waals surface area contributed by atoms with Crippen molar-refractivity contribution in [2.24, 2.45) is 0 Å². The molecule has 0 atom stereocenters. The maximum atomic E-state index is 11.8. The zero-order valence-electron chi connectivity index (χ0n) is 9.14. The summed E-state index contributed by atoms with van der Waals surface area (Å²) in [5.41, 5.74) is 0.670. The van der Waals surface area contributed by atoms with Gasteiger partial charge in [-0.25, -0.2) is 13.1 Å². The molecule has 3 N–H and O–H groups in total. The SMILES string of the molecule is O=S(=O)(NCCO)c1ccc2c(c1)NCCO2. The summed E-state index contributed by atoms with van der Waals surface area (Å²) in [6.07, 6.45) is 0. The van der Waals surface area contributed by atoms with Crippen LogP contribution in [0.25, 0.3) is 0 Å². The molecule has 0 fully saturated rings. The van der Waals surface area contributed by atoms with E-state index < -0.39 is 10.0 Å². The van der Waals surface area contributed by atoms with Gasteiger partial charge in [-0.15, -0.1) is 0 Å². The number of sulfonamides is 1. The third-order valence-electron chi connectivity index (χ3n) is 2.34. The Morgan fingerprint density at radius 2 is 2.29 bits per heavy atom. The summed E-state index contributed by atoms with van der Waals surface area (Å²) in [6, 6.07) is 4.62. The van der Waals surface area contributed by atoms with Gasteiger partial charge in [0.1, 0.15) is 12.4 Å². The third-order valence-corrected chi connectivity index (χ3v) is 3.80. The first-order valence-corrected chi connectivity index (χ1v) is 6.73. The number of fused-ring (bicyclic) bond motifs is 1. The van der Waals surface area contributed by atoms with Gasteiger partial charge < -0.3 is 15.2 Å². The van der Waals surface area contributed by atoms with Gasteiger partial charge in [0, 0.05) is 13.1 Å². The van der Waals surface area contributed by atoms with E-state index in [4.69, 9.17) is 9.84 Å². The van der Waals surface area contributed by atoms with Gasteiger partial charge in [0.25, 0.3) is 0 Å². The van der Waals surface area contributed by atoms with Gasteiger partial charge in [0.05, 0.1) is 17.2 Å². The fraction of sp³-hybridized carbons (Fsp3) is 0.400. The molecule has 1 aliphatic heterocycles. The maximum absolute atomic E-state index is 11.8. The van der Waals surface area contributed by atoms with Crippen LogP contribution in [0.1, 0.15) is 0 Å². The molecular formula is C10H14N2O4S. The number of rotatable bonds is 4. The Labute approximate surface area is 99.7 Å². The number of ether oxygens (including phenoxy) is 1. The summed E-state index contributed by atoms with van der Waals surface area (Å²) in [5, 5.41) is 11.7. The molecule has 1 aromatic carbocycles. The molecular weight excluding hydrogens is 244 g/mol. The van der Waals surface area contributed by atoms with Crippen molar-refractivity contribution in [3.05, 3.63) is 18.2 Å². The Hall–Kier alpha value is -1.31. The fourth-order valence-corrected chi connectivity index (χ4v) is 2.60. The molecule has 6 nitrogen and oxygen atoms in total. The Morgan fingerprint density at radius 3 is 3.06 bits per heavy atom. The van der Waals surface area contributed by atoms with Gasteiger partial charge in [-0.2, -0.15) is 0 Å². The molecule has 1 aliphatic rings. The highest BCUT2D eigenvalue weighted by Gasteiger charge is 2.17. The maximum Gasteiger partial charge on any atom is 0.240 e. The molecule has 0 amide bonds. The van der Waals surface area contributed by atoms with E-state index in [-0.39, 0.29) is 18.0 Å². The van der Waals surface area contributed by atoms with Crippen LogP contribution >= 0.6 is 0 Å². The third kappa shape index (κ3) is 2.68. The Balaban J connectivity index is 2.27. The lowest BCUT2D eigenvalue weighted by Gasteiger charge is -2.19. The lowest BCUT2D eigenvalue weighted by atomic mass is 10.2. The number of aliphatic hydroxyl groups is 1. The fourth-order valence-electron chi connectivity index (χ4n) is 1.55. The van der Waals surface area contributed by atoms with Crippen LogP contribution in [0.3, 0.4) is 0 Å². The summed E-state index contributed by atoms with van der Waals surface area (Å²) in [5.74, 6) is 0.650. The van der Waals surface area contributed by atoms with Crippen molar-refractivity contribution in [1.29, 1.82) is 0 Å². The molecule has 0 bridgehead atoms. The van der Waals surface area contributed by atoms with Crippen LogP contribution < -0.4 is 14.8 Å². The molecule has 1 heterocycles. The number of anilines is 1. The smallest absolute Gasteiger partial charge is 0.240 e.